The van der Waals surface area contributed by atoms with Crippen LogP contribution in [0.1, 0.15) is 11.1 Å². The number of nitrogens with one attached hydrogen (secondary N) is 1. The van der Waals surface area contributed by atoms with E-state index in [9.17, 15) is 17.6 Å². The summed E-state index contributed by atoms with van der Waals surface area (Å²) in [5.41, 5.74) is 1.65. The predicted octanol–water partition coefficient (Wildman–Crippen LogP) is 3.67. The van der Waals surface area contributed by atoms with Gasteiger partial charge in [-0.1, -0.05) is 17.7 Å². The molecule has 35 heavy (non-hydrogen) atoms. The first-order valence-corrected chi connectivity index (χ1v) is 12.0. The smallest absolute Gasteiger partial charge is 0.264 e. The van der Waals surface area contributed by atoms with Crippen LogP contribution >= 0.6 is 0 Å². The first-order valence-electron chi connectivity index (χ1n) is 10.6. The fraction of sp³-hybridized carbons (Fsp3) is 0.240. The molecule has 3 rings (SSSR count). The molecule has 0 fully saturated rings. The fourth-order valence-electron chi connectivity index (χ4n) is 3.44. The molecule has 0 aliphatic carbocycles. The van der Waals surface area contributed by atoms with E-state index in [1.54, 1.807) is 24.3 Å². The number of nitrogens with zero attached hydrogens (tertiary/aromatic N) is 1. The number of sulfonamides is 1. The molecule has 186 valence electrons. The molecule has 8 nitrogen and oxygen atoms in total. The summed E-state index contributed by atoms with van der Waals surface area (Å²) in [7, 11) is 0.329. The van der Waals surface area contributed by atoms with E-state index in [1.165, 1.54) is 45.6 Å². The van der Waals surface area contributed by atoms with Crippen LogP contribution in [0.5, 0.6) is 17.2 Å². The van der Waals surface area contributed by atoms with E-state index in [0.29, 0.717) is 22.8 Å². The van der Waals surface area contributed by atoms with E-state index in [1.807, 2.05) is 6.92 Å². The van der Waals surface area contributed by atoms with Crippen LogP contribution in [0.15, 0.2) is 65.6 Å². The van der Waals surface area contributed by atoms with E-state index in [4.69, 9.17) is 14.2 Å². The Morgan fingerprint density at radius 2 is 1.51 bits per heavy atom. The number of halogens is 1. The average molecular weight is 503 g/mol. The quantitative estimate of drug-likeness (QED) is 0.455. The molecular weight excluding hydrogens is 475 g/mol. The molecule has 0 atom stereocenters. The van der Waals surface area contributed by atoms with Gasteiger partial charge in [-0.25, -0.2) is 12.8 Å². The minimum Gasteiger partial charge on any atom is -0.493 e. The van der Waals surface area contributed by atoms with Crippen LogP contribution in [0, 0.1) is 12.7 Å². The first kappa shape index (κ1) is 25.8. The maximum atomic E-state index is 13.5. The lowest BCUT2D eigenvalue weighted by Gasteiger charge is -2.24. The number of carbonyl (C=O) groups is 1. The molecule has 0 bridgehead atoms. The molecule has 0 saturated carbocycles. The Bertz CT molecular complexity index is 1280. The Labute approximate surface area is 204 Å². The molecule has 0 unspecified atom stereocenters. The van der Waals surface area contributed by atoms with Gasteiger partial charge in [-0.2, -0.15) is 0 Å². The molecule has 0 radical (unpaired) electrons. The maximum absolute atomic E-state index is 13.5. The van der Waals surface area contributed by atoms with Crippen LogP contribution in [0.25, 0.3) is 0 Å². The van der Waals surface area contributed by atoms with Crippen molar-refractivity contribution in [1.29, 1.82) is 0 Å². The third-order valence-corrected chi connectivity index (χ3v) is 7.06. The summed E-state index contributed by atoms with van der Waals surface area (Å²) in [6.45, 7) is 1.37. The molecule has 0 saturated heterocycles. The van der Waals surface area contributed by atoms with Crippen molar-refractivity contribution in [3.63, 3.8) is 0 Å². The second-order valence-corrected chi connectivity index (χ2v) is 9.43. The van der Waals surface area contributed by atoms with Gasteiger partial charge >= 0.3 is 0 Å². The van der Waals surface area contributed by atoms with Crippen LogP contribution in [-0.2, 0) is 21.4 Å². The number of methoxy groups -OCH3 is 3. The Morgan fingerprint density at radius 3 is 2.09 bits per heavy atom. The summed E-state index contributed by atoms with van der Waals surface area (Å²) in [5.74, 6) is 0.130. The van der Waals surface area contributed by atoms with Crippen LogP contribution in [-0.4, -0.2) is 42.2 Å². The maximum Gasteiger partial charge on any atom is 0.264 e. The van der Waals surface area contributed by atoms with Gasteiger partial charge in [0.15, 0.2) is 11.5 Å². The van der Waals surface area contributed by atoms with Crippen molar-refractivity contribution in [2.75, 3.05) is 32.2 Å². The van der Waals surface area contributed by atoms with E-state index in [2.05, 4.69) is 5.32 Å². The van der Waals surface area contributed by atoms with Crippen molar-refractivity contribution < 1.29 is 31.8 Å². The van der Waals surface area contributed by atoms with E-state index in [-0.39, 0.29) is 17.1 Å². The molecule has 1 amide bonds. The third kappa shape index (κ3) is 5.83. The summed E-state index contributed by atoms with van der Waals surface area (Å²) < 4.78 is 57.3. The van der Waals surface area contributed by atoms with Crippen LogP contribution in [0.4, 0.5) is 10.1 Å². The van der Waals surface area contributed by atoms with Gasteiger partial charge in [0, 0.05) is 12.1 Å². The molecule has 1 N–H and O–H groups in total. The first-order chi connectivity index (χ1) is 16.7. The van der Waals surface area contributed by atoms with Gasteiger partial charge < -0.3 is 19.5 Å². The lowest BCUT2D eigenvalue weighted by Crippen LogP contribution is -2.40. The number of hydrogen-bond donors (Lipinski definition) is 1. The molecule has 3 aromatic rings. The number of hydrogen-bond acceptors (Lipinski definition) is 6. The standard InChI is InChI=1S/C25H27FN2O6S/c1-17-5-12-21(13-6-17)35(30,31)28(20-10-8-19(26)9-11-20)16-23(29)27-15-18-7-14-22(32-2)25(34-4)24(18)33-3/h5-14H,15-16H2,1-4H3,(H,27,29). The molecule has 3 aromatic carbocycles. The molecule has 0 aliphatic rings. The van der Waals surface area contributed by atoms with Crippen LogP contribution < -0.4 is 23.8 Å². The van der Waals surface area contributed by atoms with Gasteiger partial charge in [-0.05, 0) is 55.5 Å². The fourth-order valence-corrected chi connectivity index (χ4v) is 4.86. The molecule has 0 spiro atoms. The van der Waals surface area contributed by atoms with Crippen molar-refractivity contribution >= 4 is 21.6 Å². The number of ether oxygens (including phenoxy) is 3. The topological polar surface area (TPSA) is 94.2 Å². The summed E-state index contributed by atoms with van der Waals surface area (Å²) in [6, 6.07) is 14.5. The lowest BCUT2D eigenvalue weighted by atomic mass is 10.1. The minimum atomic E-state index is -4.11. The Hall–Kier alpha value is -3.79. The van der Waals surface area contributed by atoms with Crippen molar-refractivity contribution in [2.24, 2.45) is 0 Å². The van der Waals surface area contributed by atoms with Crippen LogP contribution in [0.3, 0.4) is 0 Å². The molecule has 0 aromatic heterocycles. The van der Waals surface area contributed by atoms with Crippen molar-refractivity contribution in [2.45, 2.75) is 18.4 Å². The third-order valence-electron chi connectivity index (χ3n) is 5.27. The monoisotopic (exact) mass is 502 g/mol. The normalized spacial score (nSPS) is 11.0. The zero-order valence-electron chi connectivity index (χ0n) is 19.9. The Kier molecular flexibility index (Phi) is 8.18. The van der Waals surface area contributed by atoms with Crippen LogP contribution in [0.2, 0.25) is 0 Å². The largest absolute Gasteiger partial charge is 0.493 e. The second-order valence-electron chi connectivity index (χ2n) is 7.57. The number of rotatable bonds is 10. The van der Waals surface area contributed by atoms with Gasteiger partial charge in [0.25, 0.3) is 10.0 Å². The van der Waals surface area contributed by atoms with Gasteiger partial charge in [-0.3, -0.25) is 9.10 Å². The summed E-state index contributed by atoms with van der Waals surface area (Å²) in [4.78, 5) is 12.9. The number of carbonyl (C=O) groups excluding carboxylic acids is 1. The highest BCUT2D eigenvalue weighted by molar-refractivity contribution is 7.92. The van der Waals surface area contributed by atoms with Gasteiger partial charge in [0.1, 0.15) is 12.4 Å². The highest BCUT2D eigenvalue weighted by Crippen LogP contribution is 2.39. The summed E-state index contributed by atoms with van der Waals surface area (Å²) in [5, 5.41) is 2.71. The molecular formula is C25H27FN2O6S. The minimum absolute atomic E-state index is 0.0155. The van der Waals surface area contributed by atoms with E-state index >= 15 is 0 Å². The van der Waals surface area contributed by atoms with Crippen molar-refractivity contribution in [3.8, 4) is 17.2 Å². The average Bonchev–Trinajstić information content (AvgIpc) is 2.86. The van der Waals surface area contributed by atoms with Gasteiger partial charge in [-0.15, -0.1) is 0 Å². The highest BCUT2D eigenvalue weighted by Gasteiger charge is 2.27. The SMILES string of the molecule is COc1ccc(CNC(=O)CN(c2ccc(F)cc2)S(=O)(=O)c2ccc(C)cc2)c(OC)c1OC. The van der Waals surface area contributed by atoms with E-state index in [0.717, 1.165) is 22.0 Å². The summed E-state index contributed by atoms with van der Waals surface area (Å²) >= 11 is 0. The number of aryl methyl sites for hydroxylation is 1. The van der Waals surface area contributed by atoms with E-state index < -0.39 is 28.3 Å². The molecule has 10 heteroatoms. The lowest BCUT2D eigenvalue weighted by molar-refractivity contribution is -0.119. The van der Waals surface area contributed by atoms with Gasteiger partial charge in [0.2, 0.25) is 11.7 Å². The summed E-state index contributed by atoms with van der Waals surface area (Å²) in [6.07, 6.45) is 0. The number of anilines is 1. The zero-order chi connectivity index (χ0) is 25.6. The molecule has 0 aliphatic heterocycles. The van der Waals surface area contributed by atoms with Crippen molar-refractivity contribution in [1.82, 2.24) is 5.32 Å². The molecule has 0 heterocycles. The predicted molar refractivity (Wildman–Crippen MR) is 130 cm³/mol. The highest BCUT2D eigenvalue weighted by atomic mass is 32.2. The zero-order valence-corrected chi connectivity index (χ0v) is 20.7. The Balaban J connectivity index is 1.86. The second kappa shape index (κ2) is 11.1. The number of amides is 1. The Morgan fingerprint density at radius 1 is 0.886 bits per heavy atom. The van der Waals surface area contributed by atoms with Crippen molar-refractivity contribution in [3.05, 3.63) is 77.6 Å². The van der Waals surface area contributed by atoms with Gasteiger partial charge in [0.05, 0.1) is 31.9 Å². The number of benzene rings is 3.